The first kappa shape index (κ1) is 27.4. The van der Waals surface area contributed by atoms with Crippen LogP contribution in [0.1, 0.15) is 71.1 Å². The minimum Gasteiger partial charge on any atom is -0.458 e. The Morgan fingerprint density at radius 1 is 0.944 bits per heavy atom. The molecule has 2 aromatic rings. The van der Waals surface area contributed by atoms with Crippen molar-refractivity contribution in [2.45, 2.75) is 46.1 Å². The summed E-state index contributed by atoms with van der Waals surface area (Å²) in [6, 6.07) is 12.8. The number of hydrazine groups is 1. The molecule has 2 amide bonds. The van der Waals surface area contributed by atoms with Gasteiger partial charge in [0.2, 0.25) is 0 Å². The van der Waals surface area contributed by atoms with Crippen LogP contribution < -0.4 is 10.9 Å². The highest BCUT2D eigenvalue weighted by Crippen LogP contribution is 2.35. The van der Waals surface area contributed by atoms with Crippen molar-refractivity contribution in [2.75, 3.05) is 6.61 Å². The van der Waals surface area contributed by atoms with E-state index in [1.165, 1.54) is 12.1 Å². The Morgan fingerprint density at radius 2 is 1.58 bits per heavy atom. The van der Waals surface area contributed by atoms with Crippen LogP contribution in [0.3, 0.4) is 0 Å². The molecule has 0 unspecified atom stereocenters. The molecule has 8 nitrogen and oxygen atoms in total. The zero-order valence-electron chi connectivity index (χ0n) is 20.6. The lowest BCUT2D eigenvalue weighted by atomic mass is 9.75. The molecule has 0 aromatic heterocycles. The molecule has 1 aliphatic carbocycles. The van der Waals surface area contributed by atoms with Gasteiger partial charge >= 0.3 is 11.9 Å². The third-order valence-corrected chi connectivity index (χ3v) is 6.87. The van der Waals surface area contributed by atoms with E-state index in [4.69, 9.17) is 9.47 Å². The molecule has 2 N–H and O–H groups in total. The van der Waals surface area contributed by atoms with Gasteiger partial charge in [-0.05, 0) is 67.0 Å². The van der Waals surface area contributed by atoms with E-state index >= 15 is 0 Å². The molecule has 0 saturated heterocycles. The third-order valence-electron chi connectivity index (χ3n) is 6.34. The summed E-state index contributed by atoms with van der Waals surface area (Å²) in [6.45, 7) is 5.76. The molecule has 0 radical (unpaired) electrons. The summed E-state index contributed by atoms with van der Waals surface area (Å²) >= 11 is 3.28. The molecular formula is C27H31BrN2O6. The van der Waals surface area contributed by atoms with Gasteiger partial charge in [0.15, 0.2) is 6.61 Å². The second kappa shape index (κ2) is 12.7. The maximum atomic E-state index is 13.0. The van der Waals surface area contributed by atoms with E-state index in [1.807, 2.05) is 0 Å². The van der Waals surface area contributed by atoms with E-state index in [0.717, 1.165) is 23.7 Å². The molecular weight excluding hydrogens is 528 g/mol. The van der Waals surface area contributed by atoms with Crippen LogP contribution in [0.5, 0.6) is 0 Å². The van der Waals surface area contributed by atoms with Crippen LogP contribution in [0.15, 0.2) is 53.0 Å². The first-order valence-electron chi connectivity index (χ1n) is 12.0. The summed E-state index contributed by atoms with van der Waals surface area (Å²) in [4.78, 5) is 49.9. The Balaban J connectivity index is 1.56. The highest BCUT2D eigenvalue weighted by molar-refractivity contribution is 9.10. The Kier molecular flexibility index (Phi) is 9.64. The van der Waals surface area contributed by atoms with Gasteiger partial charge in [0.25, 0.3) is 11.8 Å². The molecule has 2 aromatic carbocycles. The van der Waals surface area contributed by atoms with Crippen LogP contribution in [0.4, 0.5) is 0 Å². The van der Waals surface area contributed by atoms with Gasteiger partial charge in [0.1, 0.15) is 6.10 Å². The fourth-order valence-electron chi connectivity index (χ4n) is 4.34. The number of halogens is 1. The second-order valence-corrected chi connectivity index (χ2v) is 10.3. The van der Waals surface area contributed by atoms with Crippen molar-refractivity contribution in [3.05, 3.63) is 69.7 Å². The molecule has 9 heteroatoms. The first-order valence-corrected chi connectivity index (χ1v) is 12.8. The topological polar surface area (TPSA) is 111 Å². The SMILES string of the molecule is CC(C)[C@@H]1CC[C@@H](C)C[C@@H]1OC(=O)c1ccccc1C(=O)OCC(=O)NNC(=O)c1ccc(Br)cc1. The number of carbonyl (C=O) groups excluding carboxylic acids is 4. The summed E-state index contributed by atoms with van der Waals surface area (Å²) < 4.78 is 11.8. The minimum atomic E-state index is -0.839. The number of amides is 2. The van der Waals surface area contributed by atoms with Crippen molar-refractivity contribution < 1.29 is 28.7 Å². The van der Waals surface area contributed by atoms with Gasteiger partial charge in [-0.15, -0.1) is 0 Å². The van der Waals surface area contributed by atoms with Crippen molar-refractivity contribution >= 4 is 39.7 Å². The predicted molar refractivity (Wildman–Crippen MR) is 137 cm³/mol. The lowest BCUT2D eigenvalue weighted by Crippen LogP contribution is -2.43. The predicted octanol–water partition coefficient (Wildman–Crippen LogP) is 4.68. The molecule has 3 rings (SSSR count). The zero-order chi connectivity index (χ0) is 26.2. The molecule has 1 fully saturated rings. The third kappa shape index (κ3) is 7.40. The summed E-state index contributed by atoms with van der Waals surface area (Å²) in [6.07, 6.45) is 2.66. The normalized spacial score (nSPS) is 19.3. The van der Waals surface area contributed by atoms with E-state index in [-0.39, 0.29) is 23.1 Å². The average molecular weight is 559 g/mol. The van der Waals surface area contributed by atoms with Crippen molar-refractivity contribution in [3.63, 3.8) is 0 Å². The standard InChI is InChI=1S/C27H31BrN2O6/c1-16(2)20-13-8-17(3)14-23(20)36-27(34)22-7-5-4-6-21(22)26(33)35-15-24(31)29-30-25(32)18-9-11-19(28)12-10-18/h4-7,9-12,16-17,20,23H,8,13-15H2,1-3H3,(H,29,31)(H,30,32)/t17-,20+,23+/m1/s1. The summed E-state index contributed by atoms with van der Waals surface area (Å²) in [7, 11) is 0. The van der Waals surface area contributed by atoms with Gasteiger partial charge in [-0.1, -0.05) is 55.3 Å². The summed E-state index contributed by atoms with van der Waals surface area (Å²) in [5.41, 5.74) is 4.89. The van der Waals surface area contributed by atoms with Gasteiger partial charge in [0, 0.05) is 10.0 Å². The zero-order valence-corrected chi connectivity index (χ0v) is 22.2. The van der Waals surface area contributed by atoms with Gasteiger partial charge in [-0.3, -0.25) is 20.4 Å². The minimum absolute atomic E-state index is 0.0131. The van der Waals surface area contributed by atoms with Gasteiger partial charge < -0.3 is 9.47 Å². The van der Waals surface area contributed by atoms with Crippen molar-refractivity contribution in [2.24, 2.45) is 17.8 Å². The molecule has 0 bridgehead atoms. The van der Waals surface area contributed by atoms with Gasteiger partial charge in [-0.2, -0.15) is 0 Å². The Morgan fingerprint density at radius 3 is 2.22 bits per heavy atom. The van der Waals surface area contributed by atoms with Crippen LogP contribution >= 0.6 is 15.9 Å². The van der Waals surface area contributed by atoms with Crippen molar-refractivity contribution in [1.82, 2.24) is 10.9 Å². The highest BCUT2D eigenvalue weighted by atomic mass is 79.9. The number of esters is 2. The van der Waals surface area contributed by atoms with E-state index in [1.54, 1.807) is 36.4 Å². The molecule has 1 saturated carbocycles. The van der Waals surface area contributed by atoms with E-state index < -0.39 is 30.4 Å². The van der Waals surface area contributed by atoms with Crippen LogP contribution in [0.2, 0.25) is 0 Å². The Labute approximate surface area is 219 Å². The van der Waals surface area contributed by atoms with E-state index in [9.17, 15) is 19.2 Å². The second-order valence-electron chi connectivity index (χ2n) is 9.40. The quantitative estimate of drug-likeness (QED) is 0.377. The summed E-state index contributed by atoms with van der Waals surface area (Å²) in [5.74, 6) is -1.58. The number of ether oxygens (including phenoxy) is 2. The summed E-state index contributed by atoms with van der Waals surface area (Å²) in [5, 5.41) is 0. The average Bonchev–Trinajstić information content (AvgIpc) is 2.86. The Hall–Kier alpha value is -3.20. The van der Waals surface area contributed by atoms with Gasteiger partial charge in [0.05, 0.1) is 11.1 Å². The number of hydrogen-bond acceptors (Lipinski definition) is 6. The van der Waals surface area contributed by atoms with Crippen LogP contribution in [-0.4, -0.2) is 36.5 Å². The number of hydrogen-bond donors (Lipinski definition) is 2. The first-order chi connectivity index (χ1) is 17.2. The molecule has 3 atom stereocenters. The molecule has 0 heterocycles. The number of benzene rings is 2. The fourth-order valence-corrected chi connectivity index (χ4v) is 4.60. The molecule has 36 heavy (non-hydrogen) atoms. The maximum absolute atomic E-state index is 13.0. The van der Waals surface area contributed by atoms with Crippen molar-refractivity contribution in [3.8, 4) is 0 Å². The fraction of sp³-hybridized carbons (Fsp3) is 0.407. The van der Waals surface area contributed by atoms with E-state index in [0.29, 0.717) is 17.4 Å². The molecule has 0 spiro atoms. The molecule has 192 valence electrons. The molecule has 0 aliphatic heterocycles. The highest BCUT2D eigenvalue weighted by Gasteiger charge is 2.34. The number of carbonyl (C=O) groups is 4. The van der Waals surface area contributed by atoms with E-state index in [2.05, 4.69) is 47.6 Å². The monoisotopic (exact) mass is 558 g/mol. The van der Waals surface area contributed by atoms with Crippen LogP contribution in [-0.2, 0) is 14.3 Å². The number of rotatable bonds is 7. The Bertz CT molecular complexity index is 1100. The van der Waals surface area contributed by atoms with Gasteiger partial charge in [-0.25, -0.2) is 9.59 Å². The largest absolute Gasteiger partial charge is 0.458 e. The van der Waals surface area contributed by atoms with Crippen LogP contribution in [0, 0.1) is 17.8 Å². The lowest BCUT2D eigenvalue weighted by Gasteiger charge is -2.36. The maximum Gasteiger partial charge on any atom is 0.339 e. The molecule has 1 aliphatic rings. The lowest BCUT2D eigenvalue weighted by molar-refractivity contribution is -0.125. The van der Waals surface area contributed by atoms with Crippen molar-refractivity contribution in [1.29, 1.82) is 0 Å². The smallest absolute Gasteiger partial charge is 0.339 e. The number of nitrogens with one attached hydrogen (secondary N) is 2. The van der Waals surface area contributed by atoms with Crippen LogP contribution in [0.25, 0.3) is 0 Å².